The molecule has 1 aliphatic carbocycles. The van der Waals surface area contributed by atoms with E-state index in [9.17, 15) is 0 Å². The molecule has 0 spiro atoms. The predicted octanol–water partition coefficient (Wildman–Crippen LogP) is 5.69. The average molecular weight is 212 g/mol. The first-order valence-electron chi connectivity index (χ1n) is 6.32. The van der Waals surface area contributed by atoms with Crippen LogP contribution in [-0.2, 0) is 0 Å². The molecule has 1 rings (SSSR count). The van der Waals surface area contributed by atoms with Crippen LogP contribution in [0.15, 0.2) is 12.7 Å². The Morgan fingerprint density at radius 2 is 1.47 bits per heavy atom. The Labute approximate surface area is 98.2 Å². The van der Waals surface area contributed by atoms with Crippen molar-refractivity contribution in [3.8, 4) is 0 Å². The van der Waals surface area contributed by atoms with Crippen molar-refractivity contribution < 1.29 is 0 Å². The topological polar surface area (TPSA) is 0 Å². The van der Waals surface area contributed by atoms with E-state index in [4.69, 9.17) is 0 Å². The molecule has 0 aromatic rings. The largest absolute Gasteiger partial charge is 0.103 e. The molecule has 0 N–H and O–H groups in total. The second-order valence-electron chi connectivity index (χ2n) is 5.84. The summed E-state index contributed by atoms with van der Waals surface area (Å²) < 4.78 is 0. The molecule has 0 amide bonds. The van der Waals surface area contributed by atoms with Crippen molar-refractivity contribution in [2.45, 2.75) is 68.2 Å². The van der Waals surface area contributed by atoms with Crippen molar-refractivity contribution in [1.82, 2.24) is 0 Å². The van der Waals surface area contributed by atoms with Crippen LogP contribution in [0.5, 0.6) is 0 Å². The number of hydrogen-bond donors (Lipinski definition) is 0. The van der Waals surface area contributed by atoms with Gasteiger partial charge in [0.15, 0.2) is 0 Å². The predicted molar refractivity (Wildman–Crippen MR) is 73.2 cm³/mol. The average Bonchev–Trinajstić information content (AvgIpc) is 2.24. The van der Waals surface area contributed by atoms with Gasteiger partial charge in [-0.25, -0.2) is 0 Å². The molecule has 0 heteroatoms. The van der Waals surface area contributed by atoms with Crippen molar-refractivity contribution in [3.63, 3.8) is 0 Å². The van der Waals surface area contributed by atoms with Crippen LogP contribution < -0.4 is 0 Å². The molecule has 15 heavy (non-hydrogen) atoms. The first kappa shape index (κ1) is 17.1. The summed E-state index contributed by atoms with van der Waals surface area (Å²) in [6.07, 6.45) is 4.54. The molecule has 0 aliphatic heterocycles. The van der Waals surface area contributed by atoms with Gasteiger partial charge >= 0.3 is 0 Å². The van der Waals surface area contributed by atoms with E-state index in [0.717, 1.165) is 5.92 Å². The van der Waals surface area contributed by atoms with E-state index in [-0.39, 0.29) is 0 Å². The lowest BCUT2D eigenvalue weighted by Crippen LogP contribution is -2.14. The summed E-state index contributed by atoms with van der Waals surface area (Å²) in [5.74, 6) is 0.905. The van der Waals surface area contributed by atoms with Crippen LogP contribution in [0.3, 0.4) is 0 Å². The first-order valence-corrected chi connectivity index (χ1v) is 6.32. The summed E-state index contributed by atoms with van der Waals surface area (Å²) in [6.45, 7) is 21.2. The molecule has 1 unspecified atom stereocenters. The molecule has 92 valence electrons. The SMILES string of the molecule is C=CC.CC.CC1CC(C)(C)CC1(C)C. The highest BCUT2D eigenvalue weighted by molar-refractivity contribution is 4.92. The van der Waals surface area contributed by atoms with Crippen LogP contribution in [0.1, 0.15) is 68.2 Å². The summed E-state index contributed by atoms with van der Waals surface area (Å²) >= 11 is 0. The van der Waals surface area contributed by atoms with E-state index < -0.39 is 0 Å². The Hall–Kier alpha value is -0.260. The lowest BCUT2D eigenvalue weighted by Gasteiger charge is -2.23. The van der Waals surface area contributed by atoms with E-state index in [1.54, 1.807) is 6.08 Å². The van der Waals surface area contributed by atoms with E-state index in [0.29, 0.717) is 10.8 Å². The highest BCUT2D eigenvalue weighted by atomic mass is 14.5. The van der Waals surface area contributed by atoms with Crippen molar-refractivity contribution in [2.24, 2.45) is 16.7 Å². The molecule has 0 heterocycles. The summed E-state index contributed by atoms with van der Waals surface area (Å²) in [6, 6.07) is 0. The van der Waals surface area contributed by atoms with Gasteiger partial charge in [0, 0.05) is 0 Å². The first-order chi connectivity index (χ1) is 6.75. The van der Waals surface area contributed by atoms with E-state index >= 15 is 0 Å². The van der Waals surface area contributed by atoms with Crippen LogP contribution in [0.4, 0.5) is 0 Å². The molecular formula is C15H32. The Morgan fingerprint density at radius 1 is 1.13 bits per heavy atom. The van der Waals surface area contributed by atoms with E-state index in [2.05, 4.69) is 41.2 Å². The van der Waals surface area contributed by atoms with Crippen molar-refractivity contribution in [2.75, 3.05) is 0 Å². The molecule has 0 aromatic carbocycles. The summed E-state index contributed by atoms with van der Waals surface area (Å²) in [5.41, 5.74) is 1.19. The second-order valence-corrected chi connectivity index (χ2v) is 5.84. The zero-order valence-corrected chi connectivity index (χ0v) is 12.3. The number of allylic oxidation sites excluding steroid dienone is 1. The van der Waals surface area contributed by atoms with Gasteiger partial charge in [-0.15, -0.1) is 6.58 Å². The molecule has 0 nitrogen and oxygen atoms in total. The van der Waals surface area contributed by atoms with Crippen molar-refractivity contribution >= 4 is 0 Å². The Morgan fingerprint density at radius 3 is 1.53 bits per heavy atom. The van der Waals surface area contributed by atoms with E-state index in [1.165, 1.54) is 12.8 Å². The molecule has 0 radical (unpaired) electrons. The molecule has 1 aliphatic rings. The molecule has 0 bridgehead atoms. The van der Waals surface area contributed by atoms with Gasteiger partial charge in [-0.05, 0) is 36.5 Å². The van der Waals surface area contributed by atoms with Gasteiger partial charge < -0.3 is 0 Å². The van der Waals surface area contributed by atoms with Crippen molar-refractivity contribution in [1.29, 1.82) is 0 Å². The highest BCUT2D eigenvalue weighted by Crippen LogP contribution is 2.52. The van der Waals surface area contributed by atoms with Crippen LogP contribution in [0.25, 0.3) is 0 Å². The van der Waals surface area contributed by atoms with Gasteiger partial charge in [0.1, 0.15) is 0 Å². The maximum Gasteiger partial charge on any atom is -0.0323 e. The monoisotopic (exact) mass is 212 g/mol. The molecule has 1 atom stereocenters. The van der Waals surface area contributed by atoms with Crippen LogP contribution in [0, 0.1) is 16.7 Å². The van der Waals surface area contributed by atoms with Crippen LogP contribution in [-0.4, -0.2) is 0 Å². The molecule has 0 saturated heterocycles. The molecule has 1 saturated carbocycles. The van der Waals surface area contributed by atoms with E-state index in [1.807, 2.05) is 20.8 Å². The standard InChI is InChI=1S/C10H20.C3H6.C2H6/c1-8-6-9(2,3)7-10(8,4)5;1-3-2;1-2/h8H,6-7H2,1-5H3;3H,1H2,2H3;1-2H3. The lowest BCUT2D eigenvalue weighted by molar-refractivity contribution is 0.267. The minimum absolute atomic E-state index is 0.587. The highest BCUT2D eigenvalue weighted by Gasteiger charge is 2.41. The minimum atomic E-state index is 0.587. The smallest absolute Gasteiger partial charge is 0.0323 e. The Balaban J connectivity index is 0. The fourth-order valence-corrected chi connectivity index (χ4v) is 2.58. The maximum absolute atomic E-state index is 3.36. The quantitative estimate of drug-likeness (QED) is 0.453. The zero-order valence-electron chi connectivity index (χ0n) is 12.3. The van der Waals surface area contributed by atoms with Crippen LogP contribution in [0.2, 0.25) is 0 Å². The van der Waals surface area contributed by atoms with Gasteiger partial charge in [0.2, 0.25) is 0 Å². The summed E-state index contributed by atoms with van der Waals surface area (Å²) in [4.78, 5) is 0. The third-order valence-corrected chi connectivity index (χ3v) is 3.13. The summed E-state index contributed by atoms with van der Waals surface area (Å²) in [5, 5.41) is 0. The molecular weight excluding hydrogens is 180 g/mol. The minimum Gasteiger partial charge on any atom is -0.103 e. The lowest BCUT2D eigenvalue weighted by atomic mass is 9.82. The third-order valence-electron chi connectivity index (χ3n) is 3.13. The zero-order chi connectivity index (χ0) is 12.7. The fourth-order valence-electron chi connectivity index (χ4n) is 2.58. The van der Waals surface area contributed by atoms with Gasteiger partial charge in [0.05, 0.1) is 0 Å². The van der Waals surface area contributed by atoms with Gasteiger partial charge in [-0.2, -0.15) is 0 Å². The van der Waals surface area contributed by atoms with Crippen LogP contribution >= 0.6 is 0 Å². The Kier molecular flexibility index (Phi) is 8.10. The molecule has 1 fully saturated rings. The molecule has 0 aromatic heterocycles. The van der Waals surface area contributed by atoms with Crippen molar-refractivity contribution in [3.05, 3.63) is 12.7 Å². The fraction of sp³-hybridized carbons (Fsp3) is 0.867. The van der Waals surface area contributed by atoms with Gasteiger partial charge in [-0.1, -0.05) is 54.5 Å². The van der Waals surface area contributed by atoms with Gasteiger partial charge in [-0.3, -0.25) is 0 Å². The second kappa shape index (κ2) is 7.09. The summed E-state index contributed by atoms with van der Waals surface area (Å²) in [7, 11) is 0. The number of hydrogen-bond acceptors (Lipinski definition) is 0. The Bertz CT molecular complexity index is 163. The third kappa shape index (κ3) is 6.76. The number of rotatable bonds is 0. The maximum atomic E-state index is 3.36. The van der Waals surface area contributed by atoms with Gasteiger partial charge in [0.25, 0.3) is 0 Å². The normalized spacial score (nSPS) is 25.5.